The Kier molecular flexibility index (Phi) is 6.20. The molecule has 0 bridgehead atoms. The molecule has 1 aromatic carbocycles. The molecule has 126 valence electrons. The van der Waals surface area contributed by atoms with Crippen LogP contribution in [-0.4, -0.2) is 34.8 Å². The van der Waals surface area contributed by atoms with Gasteiger partial charge in [0, 0.05) is 19.6 Å². The first-order valence-electron chi connectivity index (χ1n) is 7.28. The lowest BCUT2D eigenvalue weighted by Gasteiger charge is -2.13. The minimum Gasteiger partial charge on any atom is -0.491 e. The highest BCUT2D eigenvalue weighted by molar-refractivity contribution is 7.89. The van der Waals surface area contributed by atoms with Crippen LogP contribution in [0.5, 0.6) is 5.75 Å². The molecular weight excluding hydrogens is 318 g/mol. The molecular formula is C16H21NO5S. The number of hydrogen-bond acceptors (Lipinski definition) is 5. The highest BCUT2D eigenvalue weighted by atomic mass is 32.2. The molecule has 0 radical (unpaired) electrons. The second-order valence-corrected chi connectivity index (χ2v) is 6.83. The third-order valence-corrected chi connectivity index (χ3v) is 4.74. The Labute approximate surface area is 136 Å². The van der Waals surface area contributed by atoms with Crippen LogP contribution in [-0.2, 0) is 21.2 Å². The summed E-state index contributed by atoms with van der Waals surface area (Å²) < 4.78 is 42.8. The normalized spacial score (nSPS) is 13.0. The van der Waals surface area contributed by atoms with Gasteiger partial charge in [-0.3, -0.25) is 0 Å². The fraction of sp³-hybridized carbons (Fsp3) is 0.375. The summed E-state index contributed by atoms with van der Waals surface area (Å²) in [5.41, 5.74) is 0. The van der Waals surface area contributed by atoms with Crippen molar-refractivity contribution in [3.8, 4) is 5.75 Å². The molecule has 1 N–H and O–H groups in total. The maximum atomic E-state index is 12.3. The summed E-state index contributed by atoms with van der Waals surface area (Å²) in [5.74, 6) is 1.34. The zero-order chi connectivity index (χ0) is 16.7. The predicted octanol–water partition coefficient (Wildman–Crippen LogP) is 2.21. The van der Waals surface area contributed by atoms with Gasteiger partial charge < -0.3 is 13.9 Å². The fourth-order valence-corrected chi connectivity index (χ4v) is 3.31. The summed E-state index contributed by atoms with van der Waals surface area (Å²) >= 11 is 0. The lowest BCUT2D eigenvalue weighted by Crippen LogP contribution is -2.34. The van der Waals surface area contributed by atoms with Crippen molar-refractivity contribution in [2.45, 2.75) is 24.3 Å². The Hall–Kier alpha value is -1.83. The summed E-state index contributed by atoms with van der Waals surface area (Å²) in [6.45, 7) is 2.69. The van der Waals surface area contributed by atoms with E-state index in [-0.39, 0.29) is 10.9 Å². The average Bonchev–Trinajstić information content (AvgIpc) is 3.00. The predicted molar refractivity (Wildman–Crippen MR) is 86.0 cm³/mol. The van der Waals surface area contributed by atoms with Crippen molar-refractivity contribution >= 4 is 10.0 Å². The largest absolute Gasteiger partial charge is 0.491 e. The van der Waals surface area contributed by atoms with Crippen LogP contribution in [0.2, 0.25) is 0 Å². The average molecular weight is 339 g/mol. The van der Waals surface area contributed by atoms with Crippen molar-refractivity contribution in [1.29, 1.82) is 0 Å². The molecule has 0 spiro atoms. The summed E-state index contributed by atoms with van der Waals surface area (Å²) in [7, 11) is -1.98. The van der Waals surface area contributed by atoms with Crippen molar-refractivity contribution in [3.63, 3.8) is 0 Å². The zero-order valence-electron chi connectivity index (χ0n) is 13.2. The first-order valence-corrected chi connectivity index (χ1v) is 8.76. The van der Waals surface area contributed by atoms with E-state index in [2.05, 4.69) is 4.72 Å². The number of ether oxygens (including phenoxy) is 2. The van der Waals surface area contributed by atoms with Gasteiger partial charge in [0.2, 0.25) is 10.0 Å². The Morgan fingerprint density at radius 1 is 1.17 bits per heavy atom. The van der Waals surface area contributed by atoms with Crippen molar-refractivity contribution in [2.24, 2.45) is 0 Å². The number of methoxy groups -OCH3 is 1. The van der Waals surface area contributed by atoms with Crippen LogP contribution in [0.3, 0.4) is 0 Å². The van der Waals surface area contributed by atoms with Crippen LogP contribution in [0.25, 0.3) is 0 Å². The Balaban J connectivity index is 1.95. The van der Waals surface area contributed by atoms with Gasteiger partial charge in [-0.05, 0) is 43.3 Å². The standard InChI is InChI=1S/C16H21NO5S/c1-13(12-15-4-3-9-21-15)17-23(18,19)16-7-5-14(6-8-16)22-11-10-20-2/h3-9,13,17H,10-12H2,1-2H3. The van der Waals surface area contributed by atoms with Gasteiger partial charge in [0.25, 0.3) is 0 Å². The number of nitrogens with one attached hydrogen (secondary N) is 1. The van der Waals surface area contributed by atoms with E-state index in [0.717, 1.165) is 5.76 Å². The Morgan fingerprint density at radius 3 is 2.52 bits per heavy atom. The molecule has 7 heteroatoms. The lowest BCUT2D eigenvalue weighted by atomic mass is 10.2. The number of benzene rings is 1. The molecule has 0 fully saturated rings. The first-order chi connectivity index (χ1) is 11.0. The molecule has 0 saturated heterocycles. The van der Waals surface area contributed by atoms with Crippen molar-refractivity contribution in [2.75, 3.05) is 20.3 Å². The van der Waals surface area contributed by atoms with Gasteiger partial charge >= 0.3 is 0 Å². The highest BCUT2D eigenvalue weighted by Crippen LogP contribution is 2.16. The topological polar surface area (TPSA) is 77.8 Å². The molecule has 2 aromatic rings. The van der Waals surface area contributed by atoms with E-state index >= 15 is 0 Å². The van der Waals surface area contributed by atoms with Gasteiger partial charge in [-0.1, -0.05) is 0 Å². The van der Waals surface area contributed by atoms with E-state index in [0.29, 0.717) is 25.4 Å². The highest BCUT2D eigenvalue weighted by Gasteiger charge is 2.18. The monoisotopic (exact) mass is 339 g/mol. The van der Waals surface area contributed by atoms with E-state index in [9.17, 15) is 8.42 Å². The zero-order valence-corrected chi connectivity index (χ0v) is 14.0. The van der Waals surface area contributed by atoms with Crippen molar-refractivity contribution in [3.05, 3.63) is 48.4 Å². The van der Waals surface area contributed by atoms with Gasteiger partial charge in [-0.25, -0.2) is 13.1 Å². The van der Waals surface area contributed by atoms with Gasteiger partial charge in [-0.15, -0.1) is 0 Å². The quantitative estimate of drug-likeness (QED) is 0.709. The molecule has 6 nitrogen and oxygen atoms in total. The van der Waals surface area contributed by atoms with Gasteiger partial charge in [0.1, 0.15) is 18.1 Å². The molecule has 23 heavy (non-hydrogen) atoms. The fourth-order valence-electron chi connectivity index (χ4n) is 2.06. The molecule has 0 saturated carbocycles. The minimum absolute atomic E-state index is 0.197. The number of rotatable bonds is 9. The molecule has 0 aliphatic rings. The number of sulfonamides is 1. The van der Waals surface area contributed by atoms with Crippen LogP contribution < -0.4 is 9.46 Å². The van der Waals surface area contributed by atoms with E-state index in [1.807, 2.05) is 6.07 Å². The molecule has 0 aliphatic carbocycles. The minimum atomic E-state index is -3.58. The summed E-state index contributed by atoms with van der Waals surface area (Å²) in [6.07, 6.45) is 2.06. The summed E-state index contributed by atoms with van der Waals surface area (Å²) in [6, 6.07) is 9.61. The van der Waals surface area contributed by atoms with Crippen LogP contribution in [0, 0.1) is 0 Å². The van der Waals surface area contributed by atoms with Crippen LogP contribution in [0.1, 0.15) is 12.7 Å². The van der Waals surface area contributed by atoms with E-state index < -0.39 is 10.0 Å². The molecule has 1 aromatic heterocycles. The van der Waals surface area contributed by atoms with Crippen LogP contribution in [0.4, 0.5) is 0 Å². The van der Waals surface area contributed by atoms with Crippen molar-refractivity contribution in [1.82, 2.24) is 4.72 Å². The number of furan rings is 1. The maximum Gasteiger partial charge on any atom is 0.240 e. The van der Waals surface area contributed by atoms with Crippen LogP contribution in [0.15, 0.2) is 52.0 Å². The lowest BCUT2D eigenvalue weighted by molar-refractivity contribution is 0.146. The maximum absolute atomic E-state index is 12.3. The van der Waals surface area contributed by atoms with Gasteiger partial charge in [0.05, 0.1) is 17.8 Å². The van der Waals surface area contributed by atoms with E-state index in [1.165, 1.54) is 12.1 Å². The summed E-state index contributed by atoms with van der Waals surface area (Å²) in [5, 5.41) is 0. The smallest absolute Gasteiger partial charge is 0.240 e. The molecule has 0 amide bonds. The van der Waals surface area contributed by atoms with Gasteiger partial charge in [0.15, 0.2) is 0 Å². The second kappa shape index (κ2) is 8.14. The first kappa shape index (κ1) is 17.5. The Morgan fingerprint density at radius 2 is 1.91 bits per heavy atom. The molecule has 0 aliphatic heterocycles. The number of hydrogen-bond donors (Lipinski definition) is 1. The van der Waals surface area contributed by atoms with Gasteiger partial charge in [-0.2, -0.15) is 0 Å². The van der Waals surface area contributed by atoms with E-state index in [4.69, 9.17) is 13.9 Å². The SMILES string of the molecule is COCCOc1ccc(S(=O)(=O)NC(C)Cc2ccco2)cc1. The molecule has 1 heterocycles. The molecule has 1 atom stereocenters. The molecule has 2 rings (SSSR count). The third kappa shape index (κ3) is 5.38. The summed E-state index contributed by atoms with van der Waals surface area (Å²) in [4.78, 5) is 0.197. The second-order valence-electron chi connectivity index (χ2n) is 5.12. The Bertz CT molecular complexity index is 680. The third-order valence-electron chi connectivity index (χ3n) is 3.13. The van der Waals surface area contributed by atoms with Crippen LogP contribution >= 0.6 is 0 Å². The molecule has 1 unspecified atom stereocenters. The van der Waals surface area contributed by atoms with E-state index in [1.54, 1.807) is 38.5 Å². The van der Waals surface area contributed by atoms with Crippen molar-refractivity contribution < 1.29 is 22.3 Å².